The predicted octanol–water partition coefficient (Wildman–Crippen LogP) is 1.63. The Balaban J connectivity index is 1.64. The van der Waals surface area contributed by atoms with E-state index in [0.29, 0.717) is 24.8 Å². The third-order valence-electron chi connectivity index (χ3n) is 4.56. The van der Waals surface area contributed by atoms with Gasteiger partial charge in [-0.3, -0.25) is 4.90 Å². The normalized spacial score (nSPS) is 22.5. The predicted molar refractivity (Wildman–Crippen MR) is 70.2 cm³/mol. The quantitative estimate of drug-likeness (QED) is 0.922. The highest BCUT2D eigenvalue weighted by molar-refractivity contribution is 5.02. The van der Waals surface area contributed by atoms with Crippen LogP contribution in [0.3, 0.4) is 0 Å². The highest BCUT2D eigenvalue weighted by Gasteiger charge is 2.39. The van der Waals surface area contributed by atoms with Crippen LogP contribution < -0.4 is 5.73 Å². The molecule has 0 spiro atoms. The molecule has 21 heavy (non-hydrogen) atoms. The number of fused-ring (bicyclic) bond motifs is 1. The van der Waals surface area contributed by atoms with Gasteiger partial charge in [-0.2, -0.15) is 13.2 Å². The van der Waals surface area contributed by atoms with Gasteiger partial charge in [-0.05, 0) is 18.8 Å². The fourth-order valence-corrected chi connectivity index (χ4v) is 3.41. The average molecular weight is 303 g/mol. The molecule has 1 fully saturated rings. The molecule has 1 aliphatic carbocycles. The Bertz CT molecular complexity index is 492. The molecule has 0 amide bonds. The highest BCUT2D eigenvalue weighted by Crippen LogP contribution is 2.30. The lowest BCUT2D eigenvalue weighted by atomic mass is 9.98. The lowest BCUT2D eigenvalue weighted by Crippen LogP contribution is -2.45. The first-order chi connectivity index (χ1) is 9.95. The van der Waals surface area contributed by atoms with Gasteiger partial charge < -0.3 is 10.3 Å². The van der Waals surface area contributed by atoms with Gasteiger partial charge in [-0.1, -0.05) is 12.8 Å². The van der Waals surface area contributed by atoms with Gasteiger partial charge in [0.15, 0.2) is 0 Å². The van der Waals surface area contributed by atoms with Gasteiger partial charge in [0.05, 0.1) is 6.54 Å². The molecule has 1 atom stereocenters. The van der Waals surface area contributed by atoms with Crippen LogP contribution in [-0.2, 0) is 19.3 Å². The van der Waals surface area contributed by atoms with Gasteiger partial charge in [0.1, 0.15) is 5.82 Å². The van der Waals surface area contributed by atoms with Crippen LogP contribution >= 0.6 is 0 Å². The minimum Gasteiger partial charge on any atom is -0.326 e. The summed E-state index contributed by atoms with van der Waals surface area (Å²) in [6, 6.07) is 0.101. The maximum atomic E-state index is 12.8. The first kappa shape index (κ1) is 14.8. The van der Waals surface area contributed by atoms with Crippen molar-refractivity contribution in [1.82, 2.24) is 19.7 Å². The van der Waals surface area contributed by atoms with Crippen LogP contribution in [0.4, 0.5) is 13.2 Å². The molecule has 0 saturated heterocycles. The van der Waals surface area contributed by atoms with Crippen LogP contribution in [0, 0.1) is 5.92 Å². The van der Waals surface area contributed by atoms with E-state index >= 15 is 0 Å². The monoisotopic (exact) mass is 303 g/mol. The first-order valence-corrected chi connectivity index (χ1v) is 7.42. The number of rotatable bonds is 3. The fourth-order valence-electron chi connectivity index (χ4n) is 3.41. The summed E-state index contributed by atoms with van der Waals surface area (Å²) in [6.45, 7) is 1.95. The SMILES string of the molecule is NC(CN1CCn2c(nnc2C(F)(F)F)C1)C1CCCC1. The Kier molecular flexibility index (Phi) is 3.92. The van der Waals surface area contributed by atoms with Crippen LogP contribution in [0.2, 0.25) is 0 Å². The van der Waals surface area contributed by atoms with Crippen molar-refractivity contribution in [2.75, 3.05) is 13.1 Å². The van der Waals surface area contributed by atoms with Crippen molar-refractivity contribution in [2.45, 2.75) is 51.0 Å². The standard InChI is InChI=1S/C13H20F3N5/c14-13(15,16)12-19-18-11-8-20(5-6-21(11)12)7-10(17)9-3-1-2-4-9/h9-10H,1-8,17H2. The number of aromatic nitrogens is 3. The zero-order valence-corrected chi connectivity index (χ0v) is 11.8. The molecule has 1 unspecified atom stereocenters. The van der Waals surface area contributed by atoms with Crippen molar-refractivity contribution in [1.29, 1.82) is 0 Å². The van der Waals surface area contributed by atoms with E-state index in [1.54, 1.807) is 0 Å². The van der Waals surface area contributed by atoms with Crippen molar-refractivity contribution >= 4 is 0 Å². The Morgan fingerprint density at radius 2 is 1.90 bits per heavy atom. The molecule has 2 aliphatic rings. The van der Waals surface area contributed by atoms with Gasteiger partial charge in [0.25, 0.3) is 0 Å². The lowest BCUT2D eigenvalue weighted by molar-refractivity contribution is -0.148. The first-order valence-electron chi connectivity index (χ1n) is 7.42. The lowest BCUT2D eigenvalue weighted by Gasteiger charge is -2.31. The Morgan fingerprint density at radius 3 is 2.57 bits per heavy atom. The molecule has 0 aromatic carbocycles. The second-order valence-corrected chi connectivity index (χ2v) is 6.03. The highest BCUT2D eigenvalue weighted by atomic mass is 19.4. The minimum absolute atomic E-state index is 0.101. The number of hydrogen-bond acceptors (Lipinski definition) is 4. The molecule has 5 nitrogen and oxygen atoms in total. The molecule has 0 radical (unpaired) electrons. The molecule has 2 heterocycles. The summed E-state index contributed by atoms with van der Waals surface area (Å²) < 4.78 is 39.5. The fraction of sp³-hybridized carbons (Fsp3) is 0.846. The van der Waals surface area contributed by atoms with Gasteiger partial charge >= 0.3 is 6.18 Å². The van der Waals surface area contributed by atoms with Crippen molar-refractivity contribution < 1.29 is 13.2 Å². The van der Waals surface area contributed by atoms with Crippen molar-refractivity contribution in [3.8, 4) is 0 Å². The van der Waals surface area contributed by atoms with Crippen LogP contribution in [0.25, 0.3) is 0 Å². The number of halogens is 3. The molecule has 1 aliphatic heterocycles. The maximum absolute atomic E-state index is 12.8. The van der Waals surface area contributed by atoms with E-state index in [-0.39, 0.29) is 12.6 Å². The van der Waals surface area contributed by atoms with E-state index in [4.69, 9.17) is 5.73 Å². The number of alkyl halides is 3. The molecule has 1 aromatic heterocycles. The van der Waals surface area contributed by atoms with E-state index in [9.17, 15) is 13.2 Å². The maximum Gasteiger partial charge on any atom is 0.451 e. The summed E-state index contributed by atoms with van der Waals surface area (Å²) in [6.07, 6.45) is 0.379. The summed E-state index contributed by atoms with van der Waals surface area (Å²) in [4.78, 5) is 2.09. The third kappa shape index (κ3) is 3.06. The molecular weight excluding hydrogens is 283 g/mol. The van der Waals surface area contributed by atoms with Crippen molar-refractivity contribution in [3.63, 3.8) is 0 Å². The second kappa shape index (κ2) is 5.57. The molecule has 1 saturated carbocycles. The van der Waals surface area contributed by atoms with E-state index in [1.807, 2.05) is 0 Å². The van der Waals surface area contributed by atoms with Crippen LogP contribution in [-0.4, -0.2) is 38.8 Å². The van der Waals surface area contributed by atoms with Crippen LogP contribution in [0.1, 0.15) is 37.3 Å². The number of nitrogens with zero attached hydrogens (tertiary/aromatic N) is 4. The van der Waals surface area contributed by atoms with Crippen molar-refractivity contribution in [2.24, 2.45) is 11.7 Å². The van der Waals surface area contributed by atoms with E-state index in [0.717, 1.165) is 6.54 Å². The molecule has 1 aromatic rings. The largest absolute Gasteiger partial charge is 0.451 e. The van der Waals surface area contributed by atoms with Gasteiger partial charge in [-0.15, -0.1) is 10.2 Å². The smallest absolute Gasteiger partial charge is 0.326 e. The van der Waals surface area contributed by atoms with Gasteiger partial charge in [-0.25, -0.2) is 0 Å². The number of hydrogen-bond donors (Lipinski definition) is 1. The molecular formula is C13H20F3N5. The van der Waals surface area contributed by atoms with E-state index in [2.05, 4.69) is 15.1 Å². The topological polar surface area (TPSA) is 60.0 Å². The van der Waals surface area contributed by atoms with Crippen LogP contribution in [0.5, 0.6) is 0 Å². The molecule has 3 rings (SSSR count). The molecule has 118 valence electrons. The van der Waals surface area contributed by atoms with Gasteiger partial charge in [0, 0.05) is 25.7 Å². The zero-order chi connectivity index (χ0) is 15.0. The van der Waals surface area contributed by atoms with Crippen LogP contribution in [0.15, 0.2) is 0 Å². The Morgan fingerprint density at radius 1 is 1.19 bits per heavy atom. The number of nitrogens with two attached hydrogens (primary N) is 1. The summed E-state index contributed by atoms with van der Waals surface area (Å²) in [5.74, 6) is 0.0416. The summed E-state index contributed by atoms with van der Waals surface area (Å²) in [7, 11) is 0. The van der Waals surface area contributed by atoms with E-state index in [1.165, 1.54) is 30.3 Å². The average Bonchev–Trinajstić information content (AvgIpc) is 3.06. The summed E-state index contributed by atoms with van der Waals surface area (Å²) in [5, 5.41) is 6.98. The molecule has 2 N–H and O–H groups in total. The second-order valence-electron chi connectivity index (χ2n) is 6.03. The van der Waals surface area contributed by atoms with Gasteiger partial charge in [0.2, 0.25) is 5.82 Å². The summed E-state index contributed by atoms with van der Waals surface area (Å²) >= 11 is 0. The minimum atomic E-state index is -4.44. The zero-order valence-electron chi connectivity index (χ0n) is 11.8. The summed E-state index contributed by atoms with van der Waals surface area (Å²) in [5.41, 5.74) is 6.24. The molecule has 8 heteroatoms. The van der Waals surface area contributed by atoms with E-state index < -0.39 is 12.0 Å². The Hall–Kier alpha value is -1.15. The Labute approximate surface area is 121 Å². The third-order valence-corrected chi connectivity index (χ3v) is 4.56. The molecule has 0 bridgehead atoms. The van der Waals surface area contributed by atoms with Crippen molar-refractivity contribution in [3.05, 3.63) is 11.6 Å².